The molecule has 0 radical (unpaired) electrons. The van der Waals surface area contributed by atoms with Gasteiger partial charge in [0.15, 0.2) is 0 Å². The molecule has 0 amide bonds. The number of rotatable bonds is 3. The van der Waals surface area contributed by atoms with Crippen molar-refractivity contribution >= 4 is 29.2 Å². The molecule has 0 atom stereocenters. The predicted octanol–water partition coefficient (Wildman–Crippen LogP) is 4.33. The van der Waals surface area contributed by atoms with Gasteiger partial charge in [-0.1, -0.05) is 35.9 Å². The maximum atomic E-state index is 10.8. The van der Waals surface area contributed by atoms with E-state index in [1.807, 2.05) is 6.07 Å². The van der Waals surface area contributed by atoms with Crippen molar-refractivity contribution in [2.24, 2.45) is 0 Å². The van der Waals surface area contributed by atoms with E-state index in [9.17, 15) is 10.1 Å². The van der Waals surface area contributed by atoms with E-state index in [2.05, 4.69) is 6.07 Å². The van der Waals surface area contributed by atoms with Gasteiger partial charge in [-0.2, -0.15) is 5.26 Å². The quantitative estimate of drug-likeness (QED) is 0.367. The first-order chi connectivity index (χ1) is 10.1. The highest BCUT2D eigenvalue weighted by Gasteiger charge is 2.03. The zero-order valence-corrected chi connectivity index (χ0v) is 12.1. The van der Waals surface area contributed by atoms with Crippen molar-refractivity contribution in [2.75, 3.05) is 0 Å². The minimum absolute atomic E-state index is 0.366. The van der Waals surface area contributed by atoms with Crippen LogP contribution in [0.3, 0.4) is 0 Å². The van der Waals surface area contributed by atoms with Crippen molar-refractivity contribution in [1.29, 1.82) is 5.26 Å². The van der Waals surface area contributed by atoms with E-state index in [0.29, 0.717) is 16.3 Å². The summed E-state index contributed by atoms with van der Waals surface area (Å²) in [5.41, 5.74) is 2.11. The molecule has 0 unspecified atom stereocenters. The first-order valence-corrected chi connectivity index (χ1v) is 6.62. The van der Waals surface area contributed by atoms with Crippen molar-refractivity contribution in [2.45, 2.75) is 6.92 Å². The minimum atomic E-state index is -0.366. The van der Waals surface area contributed by atoms with Gasteiger partial charge in [0, 0.05) is 11.9 Å². The number of benzene rings is 2. The van der Waals surface area contributed by atoms with Crippen LogP contribution in [0.2, 0.25) is 5.02 Å². The fourth-order valence-corrected chi connectivity index (χ4v) is 1.99. The summed E-state index contributed by atoms with van der Waals surface area (Å²) in [7, 11) is 0. The van der Waals surface area contributed by atoms with Crippen LogP contribution < -0.4 is 4.74 Å². The van der Waals surface area contributed by atoms with Crippen molar-refractivity contribution < 1.29 is 9.53 Å². The van der Waals surface area contributed by atoms with E-state index >= 15 is 0 Å². The molecule has 0 N–H and O–H groups in total. The first kappa shape index (κ1) is 14.8. The largest absolute Gasteiger partial charge is 0.427 e. The van der Waals surface area contributed by atoms with E-state index in [0.717, 1.165) is 11.1 Å². The van der Waals surface area contributed by atoms with Gasteiger partial charge in [-0.05, 0) is 41.5 Å². The Morgan fingerprint density at radius 3 is 2.52 bits per heavy atom. The van der Waals surface area contributed by atoms with Crippen molar-refractivity contribution in [3.8, 4) is 11.8 Å². The fourth-order valence-electron chi connectivity index (χ4n) is 1.80. The molecule has 2 rings (SSSR count). The second kappa shape index (κ2) is 6.74. The summed E-state index contributed by atoms with van der Waals surface area (Å²) in [4.78, 5) is 10.8. The van der Waals surface area contributed by atoms with Gasteiger partial charge in [0.05, 0.1) is 11.6 Å². The van der Waals surface area contributed by atoms with Gasteiger partial charge in [-0.15, -0.1) is 0 Å². The maximum absolute atomic E-state index is 10.8. The number of carbonyl (C=O) groups is 1. The number of allylic oxidation sites excluding steroid dienone is 1. The first-order valence-electron chi connectivity index (χ1n) is 6.25. The summed E-state index contributed by atoms with van der Waals surface area (Å²) >= 11 is 5.93. The van der Waals surface area contributed by atoms with E-state index in [-0.39, 0.29) is 5.97 Å². The summed E-state index contributed by atoms with van der Waals surface area (Å²) in [6.45, 7) is 1.35. The number of halogens is 1. The third kappa shape index (κ3) is 4.20. The highest BCUT2D eigenvalue weighted by molar-refractivity contribution is 6.30. The Bertz CT molecular complexity index is 727. The Morgan fingerprint density at radius 1 is 1.24 bits per heavy atom. The van der Waals surface area contributed by atoms with Crippen LogP contribution in [0.15, 0.2) is 48.5 Å². The van der Waals surface area contributed by atoms with Crippen molar-refractivity contribution in [3.63, 3.8) is 0 Å². The Balaban J connectivity index is 2.28. The molecular formula is C17H12ClNO2. The number of carbonyl (C=O) groups excluding carboxylic acids is 1. The van der Waals surface area contributed by atoms with Gasteiger partial charge in [-0.25, -0.2) is 0 Å². The monoisotopic (exact) mass is 297 g/mol. The second-order valence-electron chi connectivity index (χ2n) is 4.34. The molecule has 104 valence electrons. The average Bonchev–Trinajstić information content (AvgIpc) is 2.46. The van der Waals surface area contributed by atoms with E-state index < -0.39 is 0 Å². The summed E-state index contributed by atoms with van der Waals surface area (Å²) in [5, 5.41) is 9.86. The molecule has 2 aromatic carbocycles. The number of nitrogens with zero attached hydrogens (tertiary/aromatic N) is 1. The van der Waals surface area contributed by atoms with Crippen LogP contribution in [0.1, 0.15) is 18.1 Å². The normalized spacial score (nSPS) is 10.8. The number of esters is 1. The third-order valence-corrected chi connectivity index (χ3v) is 2.94. The second-order valence-corrected chi connectivity index (χ2v) is 4.78. The molecule has 0 spiro atoms. The standard InChI is InChI=1S/C17H12ClNO2/c1-12(20)21-17-7-5-13(6-8-17)9-15(11-19)14-3-2-4-16(18)10-14/h2-10H,1H3/b15-9-. The Morgan fingerprint density at radius 2 is 1.95 bits per heavy atom. The molecule has 0 aliphatic heterocycles. The molecule has 3 nitrogen and oxygen atoms in total. The smallest absolute Gasteiger partial charge is 0.308 e. The summed E-state index contributed by atoms with van der Waals surface area (Å²) < 4.78 is 4.96. The number of hydrogen-bond donors (Lipinski definition) is 0. The van der Waals surface area contributed by atoms with Gasteiger partial charge in [0.25, 0.3) is 0 Å². The Kier molecular flexibility index (Phi) is 4.76. The molecule has 0 aliphatic rings. The minimum Gasteiger partial charge on any atom is -0.427 e. The molecule has 0 heterocycles. The fraction of sp³-hybridized carbons (Fsp3) is 0.0588. The van der Waals surface area contributed by atoms with Crippen LogP contribution in [-0.4, -0.2) is 5.97 Å². The molecule has 0 saturated carbocycles. The van der Waals surface area contributed by atoms with E-state index in [1.54, 1.807) is 48.5 Å². The summed E-state index contributed by atoms with van der Waals surface area (Å²) in [5.74, 6) is 0.107. The lowest BCUT2D eigenvalue weighted by Gasteiger charge is -2.03. The average molecular weight is 298 g/mol. The van der Waals surface area contributed by atoms with Crippen LogP contribution in [0.4, 0.5) is 0 Å². The van der Waals surface area contributed by atoms with E-state index in [4.69, 9.17) is 16.3 Å². The molecule has 0 aliphatic carbocycles. The Hall–Kier alpha value is -2.57. The molecule has 0 saturated heterocycles. The van der Waals surface area contributed by atoms with Crippen molar-refractivity contribution in [1.82, 2.24) is 0 Å². The lowest BCUT2D eigenvalue weighted by atomic mass is 10.0. The number of ether oxygens (including phenoxy) is 1. The highest BCUT2D eigenvalue weighted by Crippen LogP contribution is 2.22. The molecule has 0 fully saturated rings. The van der Waals surface area contributed by atoms with Gasteiger partial charge >= 0.3 is 5.97 Å². The van der Waals surface area contributed by atoms with Gasteiger partial charge < -0.3 is 4.74 Å². The third-order valence-electron chi connectivity index (χ3n) is 2.71. The Labute approximate surface area is 128 Å². The molecule has 0 aromatic heterocycles. The number of hydrogen-bond acceptors (Lipinski definition) is 3. The molecular weight excluding hydrogens is 286 g/mol. The maximum Gasteiger partial charge on any atom is 0.308 e. The van der Waals surface area contributed by atoms with Crippen LogP contribution in [0, 0.1) is 11.3 Å². The highest BCUT2D eigenvalue weighted by atomic mass is 35.5. The lowest BCUT2D eigenvalue weighted by molar-refractivity contribution is -0.131. The lowest BCUT2D eigenvalue weighted by Crippen LogP contribution is -2.00. The van der Waals surface area contributed by atoms with E-state index in [1.165, 1.54) is 6.92 Å². The van der Waals surface area contributed by atoms with Crippen LogP contribution in [0.5, 0.6) is 5.75 Å². The zero-order chi connectivity index (χ0) is 15.2. The van der Waals surface area contributed by atoms with Crippen molar-refractivity contribution in [3.05, 3.63) is 64.7 Å². The molecule has 4 heteroatoms. The topological polar surface area (TPSA) is 50.1 Å². The van der Waals surface area contributed by atoms with Gasteiger partial charge in [0.1, 0.15) is 5.75 Å². The zero-order valence-electron chi connectivity index (χ0n) is 11.3. The SMILES string of the molecule is CC(=O)Oc1ccc(/C=C(/C#N)c2cccc(Cl)c2)cc1. The predicted molar refractivity (Wildman–Crippen MR) is 82.7 cm³/mol. The van der Waals surface area contributed by atoms with Crippen LogP contribution >= 0.6 is 11.6 Å². The van der Waals surface area contributed by atoms with Crippen LogP contribution in [-0.2, 0) is 4.79 Å². The van der Waals surface area contributed by atoms with Crippen LogP contribution in [0.25, 0.3) is 11.6 Å². The molecule has 2 aromatic rings. The summed E-state index contributed by atoms with van der Waals surface area (Å²) in [6, 6.07) is 16.2. The molecule has 0 bridgehead atoms. The summed E-state index contributed by atoms with van der Waals surface area (Å²) in [6.07, 6.45) is 1.75. The van der Waals surface area contributed by atoms with Gasteiger partial charge in [0.2, 0.25) is 0 Å². The number of nitriles is 1. The van der Waals surface area contributed by atoms with Gasteiger partial charge in [-0.3, -0.25) is 4.79 Å². The molecule has 21 heavy (non-hydrogen) atoms.